The van der Waals surface area contributed by atoms with E-state index in [4.69, 9.17) is 11.3 Å². The predicted molar refractivity (Wildman–Crippen MR) is 115 cm³/mol. The molecule has 9 heteroatoms. The number of aromatic nitrogens is 2. The van der Waals surface area contributed by atoms with Gasteiger partial charge in [0.05, 0.1) is 19.4 Å². The maximum absolute atomic E-state index is 15.6. The predicted octanol–water partition coefficient (Wildman–Crippen LogP) is 3.81. The van der Waals surface area contributed by atoms with Crippen LogP contribution in [-0.2, 0) is 0 Å². The van der Waals surface area contributed by atoms with Gasteiger partial charge in [0, 0.05) is 24.7 Å². The molecule has 0 radical (unpaired) electrons. The van der Waals surface area contributed by atoms with Crippen LogP contribution in [0.15, 0.2) is 42.5 Å². The van der Waals surface area contributed by atoms with E-state index >= 15 is 4.39 Å². The fourth-order valence-electron chi connectivity index (χ4n) is 3.76. The average Bonchev–Trinajstić information content (AvgIpc) is 3.43. The lowest BCUT2D eigenvalue weighted by Crippen LogP contribution is -2.34. The van der Waals surface area contributed by atoms with Crippen LogP contribution in [0.2, 0.25) is 0 Å². The summed E-state index contributed by atoms with van der Waals surface area (Å²) in [5, 5.41) is 3.12. The molecule has 1 saturated heterocycles. The van der Waals surface area contributed by atoms with Gasteiger partial charge in [0.1, 0.15) is 17.4 Å². The Morgan fingerprint density at radius 2 is 2.00 bits per heavy atom. The summed E-state index contributed by atoms with van der Waals surface area (Å²) in [7, 11) is 3.34. The van der Waals surface area contributed by atoms with Gasteiger partial charge in [-0.25, -0.2) is 14.2 Å². The minimum atomic E-state index is -0.835. The first-order valence-electron chi connectivity index (χ1n) is 10.0. The first-order chi connectivity index (χ1) is 15.5. The van der Waals surface area contributed by atoms with Crippen LogP contribution in [0.1, 0.15) is 16.9 Å². The molecule has 1 aromatic heterocycles. The number of halogens is 2. The fourth-order valence-corrected chi connectivity index (χ4v) is 3.76. The summed E-state index contributed by atoms with van der Waals surface area (Å²) in [5.41, 5.74) is 0.165. The van der Waals surface area contributed by atoms with E-state index in [9.17, 15) is 9.18 Å². The molecule has 1 aliphatic rings. The van der Waals surface area contributed by atoms with Crippen molar-refractivity contribution < 1.29 is 18.3 Å². The van der Waals surface area contributed by atoms with Crippen molar-refractivity contribution in [2.75, 3.05) is 27.2 Å². The molecule has 1 fully saturated rings. The third-order valence-corrected chi connectivity index (χ3v) is 5.56. The monoisotopic (exact) mass is 437 g/mol. The van der Waals surface area contributed by atoms with E-state index in [1.165, 1.54) is 23.8 Å². The highest BCUT2D eigenvalue weighted by Crippen LogP contribution is 2.31. The van der Waals surface area contributed by atoms with Crippen LogP contribution in [0.25, 0.3) is 21.9 Å². The van der Waals surface area contributed by atoms with Gasteiger partial charge in [-0.15, -0.1) is 0 Å². The van der Waals surface area contributed by atoms with E-state index in [0.717, 1.165) is 12.5 Å². The number of carbonyl (C=O) groups is 1. The number of ether oxygens (including phenoxy) is 1. The van der Waals surface area contributed by atoms with Crippen LogP contribution in [0.3, 0.4) is 0 Å². The van der Waals surface area contributed by atoms with Gasteiger partial charge in [0.15, 0.2) is 5.69 Å². The van der Waals surface area contributed by atoms with Crippen LogP contribution in [0.5, 0.6) is 5.75 Å². The summed E-state index contributed by atoms with van der Waals surface area (Å²) < 4.78 is 36.3. The Morgan fingerprint density at radius 1 is 1.25 bits per heavy atom. The van der Waals surface area contributed by atoms with Gasteiger partial charge in [-0.05, 0) is 43.8 Å². The molecule has 164 valence electrons. The lowest BCUT2D eigenvalue weighted by Gasteiger charge is -2.15. The van der Waals surface area contributed by atoms with Gasteiger partial charge >= 0.3 is 0 Å². The molecule has 32 heavy (non-hydrogen) atoms. The van der Waals surface area contributed by atoms with Gasteiger partial charge in [-0.2, -0.15) is 4.39 Å². The molecule has 1 atom stereocenters. The zero-order chi connectivity index (χ0) is 22.8. The number of likely N-dealkylation sites (N-methyl/N-ethyl adjacent to an activating group) is 1. The van der Waals surface area contributed by atoms with E-state index < -0.39 is 17.7 Å². The lowest BCUT2D eigenvalue weighted by atomic mass is 10.2. The third-order valence-electron chi connectivity index (χ3n) is 5.56. The van der Waals surface area contributed by atoms with Crippen LogP contribution >= 0.6 is 0 Å². The number of likely N-dealkylation sites (tertiary alicyclic amines) is 1. The number of nitrogens with one attached hydrogen (secondary N) is 1. The zero-order valence-electron chi connectivity index (χ0n) is 17.6. The number of hydrogen-bond donors (Lipinski definition) is 1. The second kappa shape index (κ2) is 8.77. The van der Waals surface area contributed by atoms with E-state index in [-0.39, 0.29) is 28.8 Å². The summed E-state index contributed by atoms with van der Waals surface area (Å²) in [4.78, 5) is 22.0. The number of nitrogens with zero attached hydrogens (tertiary/aromatic N) is 4. The molecule has 0 bridgehead atoms. The van der Waals surface area contributed by atoms with Crippen molar-refractivity contribution in [2.45, 2.75) is 12.5 Å². The number of amides is 1. The Morgan fingerprint density at radius 3 is 2.59 bits per heavy atom. The highest BCUT2D eigenvalue weighted by molar-refractivity contribution is 5.93. The Kier molecular flexibility index (Phi) is 5.88. The first kappa shape index (κ1) is 21.5. The molecule has 0 spiro atoms. The summed E-state index contributed by atoms with van der Waals surface area (Å²) >= 11 is 0. The molecule has 0 aliphatic carbocycles. The van der Waals surface area contributed by atoms with Gasteiger partial charge in [0.2, 0.25) is 11.6 Å². The van der Waals surface area contributed by atoms with Crippen molar-refractivity contribution in [3.63, 3.8) is 0 Å². The molecule has 1 amide bonds. The van der Waals surface area contributed by atoms with Crippen LogP contribution < -0.4 is 10.1 Å². The molecule has 3 aromatic rings. The second-order valence-electron chi connectivity index (χ2n) is 7.41. The quantitative estimate of drug-likeness (QED) is 0.617. The van der Waals surface area contributed by atoms with Crippen molar-refractivity contribution >= 4 is 11.6 Å². The minimum absolute atomic E-state index is 0.0656. The smallest absolute Gasteiger partial charge is 0.277 e. The average molecular weight is 437 g/mol. The van der Waals surface area contributed by atoms with Crippen LogP contribution in [-0.4, -0.2) is 53.6 Å². The fraction of sp³-hybridized carbons (Fsp3) is 0.261. The number of methoxy groups -OCH3 is 1. The number of imidazole rings is 1. The molecule has 2 heterocycles. The topological polar surface area (TPSA) is 63.8 Å². The number of rotatable bonds is 5. The van der Waals surface area contributed by atoms with E-state index in [0.29, 0.717) is 24.5 Å². The molecular weight excluding hydrogens is 416 g/mol. The number of hydrogen-bond acceptors (Lipinski definition) is 4. The number of benzene rings is 2. The van der Waals surface area contributed by atoms with E-state index in [1.54, 1.807) is 29.2 Å². The van der Waals surface area contributed by atoms with Gasteiger partial charge in [-0.1, -0.05) is 12.1 Å². The van der Waals surface area contributed by atoms with Gasteiger partial charge in [-0.3, -0.25) is 9.36 Å². The third kappa shape index (κ3) is 3.81. The minimum Gasteiger partial charge on any atom is -0.497 e. The Balaban J connectivity index is 1.83. The summed E-state index contributed by atoms with van der Waals surface area (Å²) in [5.74, 6) is -1.46. The normalized spacial score (nSPS) is 15.6. The van der Waals surface area contributed by atoms with Gasteiger partial charge < -0.3 is 15.0 Å². The van der Waals surface area contributed by atoms with Crippen molar-refractivity contribution in [1.82, 2.24) is 19.8 Å². The molecule has 4 rings (SSSR count). The van der Waals surface area contributed by atoms with Crippen LogP contribution in [0, 0.1) is 18.3 Å². The van der Waals surface area contributed by atoms with Crippen molar-refractivity contribution in [3.8, 4) is 22.8 Å². The van der Waals surface area contributed by atoms with Crippen molar-refractivity contribution in [3.05, 3.63) is 71.3 Å². The molecular formula is C23H21F2N5O2. The lowest BCUT2D eigenvalue weighted by molar-refractivity contribution is 0.0779. The van der Waals surface area contributed by atoms with E-state index in [2.05, 4.69) is 15.1 Å². The molecule has 2 aromatic carbocycles. The van der Waals surface area contributed by atoms with Gasteiger partial charge in [0.25, 0.3) is 5.91 Å². The van der Waals surface area contributed by atoms with E-state index in [1.807, 2.05) is 7.05 Å². The molecule has 1 aliphatic heterocycles. The largest absolute Gasteiger partial charge is 0.497 e. The number of carbonyl (C=O) groups excluding carboxylic acids is 1. The molecule has 0 unspecified atom stereocenters. The van der Waals surface area contributed by atoms with Crippen LogP contribution in [0.4, 0.5) is 14.5 Å². The molecule has 7 nitrogen and oxygen atoms in total. The highest BCUT2D eigenvalue weighted by Gasteiger charge is 2.32. The summed E-state index contributed by atoms with van der Waals surface area (Å²) in [6.45, 7) is 7.98. The maximum Gasteiger partial charge on any atom is 0.277 e. The van der Waals surface area contributed by atoms with Crippen molar-refractivity contribution in [2.24, 2.45) is 0 Å². The molecule has 1 N–H and O–H groups in total. The summed E-state index contributed by atoms with van der Waals surface area (Å²) in [6.07, 6.45) is 0.763. The Hall–Kier alpha value is -3.77. The molecule has 0 saturated carbocycles. The van der Waals surface area contributed by atoms with Crippen molar-refractivity contribution in [1.29, 1.82) is 0 Å². The Labute approximate surface area is 184 Å². The standard InChI is InChI=1S/C23H21F2N5O2/c1-26-15-10-11-29(13-15)23(31)20-21(25)30(16-5-7-17(32-3)8-6-16)22(28-20)14-4-9-19(27-2)18(24)12-14/h4-9,12,15,26H,10-11,13H2,1,3H3/t15-/m0/s1. The summed E-state index contributed by atoms with van der Waals surface area (Å²) in [6, 6.07) is 10.6. The maximum atomic E-state index is 15.6. The Bertz CT molecular complexity index is 1200. The highest BCUT2D eigenvalue weighted by atomic mass is 19.1. The first-order valence-corrected chi connectivity index (χ1v) is 10.0. The zero-order valence-corrected chi connectivity index (χ0v) is 17.6. The SMILES string of the molecule is [C-]#[N+]c1ccc(-c2nc(C(=O)N3CC[C@H](NC)C3)c(F)n2-c2ccc(OC)cc2)cc1F. The second-order valence-corrected chi connectivity index (χ2v) is 7.41.